The van der Waals surface area contributed by atoms with Crippen molar-refractivity contribution in [3.8, 4) is 0 Å². The lowest BCUT2D eigenvalue weighted by molar-refractivity contribution is 0.366. The van der Waals surface area contributed by atoms with Crippen LogP contribution >= 0.6 is 0 Å². The van der Waals surface area contributed by atoms with Crippen LogP contribution in [-0.4, -0.2) is 10.1 Å². The number of aromatic nitrogens is 2. The van der Waals surface area contributed by atoms with E-state index in [4.69, 9.17) is 4.52 Å². The van der Waals surface area contributed by atoms with Crippen LogP contribution in [0.3, 0.4) is 0 Å². The van der Waals surface area contributed by atoms with Crippen LogP contribution in [0.15, 0.2) is 41.2 Å². The Hall–Kier alpha value is -1.68. The minimum absolute atomic E-state index is 0.606. The van der Waals surface area contributed by atoms with Crippen molar-refractivity contribution in [3.05, 3.63) is 48.1 Å². The van der Waals surface area contributed by atoms with Crippen LogP contribution in [0.4, 0.5) is 0 Å². The molecule has 1 aromatic carbocycles. The van der Waals surface area contributed by atoms with Gasteiger partial charge in [-0.3, -0.25) is 0 Å². The summed E-state index contributed by atoms with van der Waals surface area (Å²) in [4.78, 5) is 3.91. The lowest BCUT2D eigenvalue weighted by atomic mass is 10.2. The largest absolute Gasteiger partial charge is 0.338 e. The Balaban J connectivity index is 1.79. The van der Waals surface area contributed by atoms with Crippen LogP contribution in [0.5, 0.6) is 0 Å². The zero-order valence-corrected chi connectivity index (χ0v) is 7.68. The summed E-state index contributed by atoms with van der Waals surface area (Å²) in [5.74, 6) is 0.612. The predicted octanol–water partition coefficient (Wildman–Crippen LogP) is 1.36. The van der Waals surface area contributed by atoms with Gasteiger partial charge >= 0.3 is 0 Å². The zero-order chi connectivity index (χ0) is 9.64. The molecule has 1 heterocycles. The molecule has 0 aliphatic carbocycles. The monoisotopic (exact) mass is 189 g/mol. The summed E-state index contributed by atoms with van der Waals surface area (Å²) in [6, 6.07) is 10.2. The summed E-state index contributed by atoms with van der Waals surface area (Å²) in [6.45, 7) is 1.41. The summed E-state index contributed by atoms with van der Waals surface area (Å²) in [6.07, 6.45) is 1.40. The average molecular weight is 189 g/mol. The maximum Gasteiger partial charge on any atom is 0.240 e. The number of nitrogens with zero attached hydrogens (tertiary/aromatic N) is 2. The first-order chi connectivity index (χ1) is 6.95. The standard InChI is InChI=1S/C10H11N3O/c1-2-4-9(5-3-1)6-11-7-10-12-8-13-14-10/h1-5,8,11H,6-7H2. The molecule has 72 valence electrons. The number of hydrogen-bond donors (Lipinski definition) is 1. The van der Waals surface area contributed by atoms with Crippen LogP contribution in [0, 0.1) is 0 Å². The van der Waals surface area contributed by atoms with Gasteiger partial charge in [-0.25, -0.2) is 0 Å². The van der Waals surface area contributed by atoms with Crippen LogP contribution < -0.4 is 5.32 Å². The average Bonchev–Trinajstić information content (AvgIpc) is 2.72. The SMILES string of the molecule is c1ccc(CNCc2ncno2)cc1. The van der Waals surface area contributed by atoms with Gasteiger partial charge in [0.1, 0.15) is 0 Å². The molecule has 0 spiro atoms. The van der Waals surface area contributed by atoms with Gasteiger partial charge in [0, 0.05) is 6.54 Å². The Labute approximate surface area is 82.0 Å². The molecule has 0 amide bonds. The molecule has 0 aliphatic heterocycles. The normalized spacial score (nSPS) is 10.3. The Morgan fingerprint density at radius 3 is 2.71 bits per heavy atom. The van der Waals surface area contributed by atoms with Crippen LogP contribution in [-0.2, 0) is 13.1 Å². The number of rotatable bonds is 4. The van der Waals surface area contributed by atoms with Crippen LogP contribution in [0.1, 0.15) is 11.5 Å². The second-order valence-electron chi connectivity index (χ2n) is 2.92. The van der Waals surface area contributed by atoms with Crippen molar-refractivity contribution < 1.29 is 4.52 Å². The highest BCUT2D eigenvalue weighted by Crippen LogP contribution is 1.98. The van der Waals surface area contributed by atoms with Crippen molar-refractivity contribution in [1.29, 1.82) is 0 Å². The van der Waals surface area contributed by atoms with Crippen molar-refractivity contribution >= 4 is 0 Å². The Morgan fingerprint density at radius 1 is 1.14 bits per heavy atom. The molecule has 0 unspecified atom stereocenters. The summed E-state index contributed by atoms with van der Waals surface area (Å²) in [5, 5.41) is 6.73. The van der Waals surface area contributed by atoms with Gasteiger partial charge in [-0.1, -0.05) is 35.5 Å². The maximum atomic E-state index is 4.85. The van der Waals surface area contributed by atoms with Crippen molar-refractivity contribution in [3.63, 3.8) is 0 Å². The molecule has 4 nitrogen and oxygen atoms in total. The van der Waals surface area contributed by atoms with E-state index < -0.39 is 0 Å². The van der Waals surface area contributed by atoms with Gasteiger partial charge in [-0.05, 0) is 5.56 Å². The van der Waals surface area contributed by atoms with E-state index in [1.165, 1.54) is 11.9 Å². The summed E-state index contributed by atoms with van der Waals surface area (Å²) in [5.41, 5.74) is 1.24. The van der Waals surface area contributed by atoms with Crippen molar-refractivity contribution in [2.45, 2.75) is 13.1 Å². The highest BCUT2D eigenvalue weighted by atomic mass is 16.5. The fourth-order valence-corrected chi connectivity index (χ4v) is 1.18. The van der Waals surface area contributed by atoms with Gasteiger partial charge in [-0.2, -0.15) is 4.98 Å². The van der Waals surface area contributed by atoms with Crippen molar-refractivity contribution in [1.82, 2.24) is 15.5 Å². The van der Waals surface area contributed by atoms with E-state index in [0.29, 0.717) is 12.4 Å². The fourth-order valence-electron chi connectivity index (χ4n) is 1.18. The molecule has 0 saturated heterocycles. The zero-order valence-electron chi connectivity index (χ0n) is 7.68. The van der Waals surface area contributed by atoms with Crippen LogP contribution in [0.25, 0.3) is 0 Å². The van der Waals surface area contributed by atoms with E-state index in [1.54, 1.807) is 0 Å². The third kappa shape index (κ3) is 2.40. The molecule has 1 N–H and O–H groups in total. The highest BCUT2D eigenvalue weighted by molar-refractivity contribution is 5.14. The molecular weight excluding hydrogens is 178 g/mol. The lowest BCUT2D eigenvalue weighted by Gasteiger charge is -2.00. The minimum Gasteiger partial charge on any atom is -0.338 e. The molecule has 2 aromatic rings. The molecule has 4 heteroatoms. The second-order valence-corrected chi connectivity index (χ2v) is 2.92. The third-order valence-electron chi connectivity index (χ3n) is 1.86. The van der Waals surface area contributed by atoms with Gasteiger partial charge in [0.05, 0.1) is 6.54 Å². The summed E-state index contributed by atoms with van der Waals surface area (Å²) >= 11 is 0. The van der Waals surface area contributed by atoms with Gasteiger partial charge in [-0.15, -0.1) is 0 Å². The first-order valence-electron chi connectivity index (χ1n) is 4.45. The molecule has 0 bridgehead atoms. The van der Waals surface area contributed by atoms with E-state index in [-0.39, 0.29) is 0 Å². The molecule has 0 atom stereocenters. The van der Waals surface area contributed by atoms with Crippen molar-refractivity contribution in [2.75, 3.05) is 0 Å². The van der Waals surface area contributed by atoms with Gasteiger partial charge in [0.15, 0.2) is 6.33 Å². The smallest absolute Gasteiger partial charge is 0.240 e. The van der Waals surface area contributed by atoms with E-state index in [2.05, 4.69) is 27.6 Å². The topological polar surface area (TPSA) is 51.0 Å². The summed E-state index contributed by atoms with van der Waals surface area (Å²) < 4.78 is 4.85. The Bertz CT molecular complexity index is 358. The first-order valence-corrected chi connectivity index (χ1v) is 4.45. The van der Waals surface area contributed by atoms with Gasteiger partial charge in [0.25, 0.3) is 0 Å². The summed E-state index contributed by atoms with van der Waals surface area (Å²) in [7, 11) is 0. The number of nitrogens with one attached hydrogen (secondary N) is 1. The molecule has 0 aliphatic rings. The lowest BCUT2D eigenvalue weighted by Crippen LogP contribution is -2.12. The van der Waals surface area contributed by atoms with Crippen molar-refractivity contribution in [2.24, 2.45) is 0 Å². The third-order valence-corrected chi connectivity index (χ3v) is 1.86. The highest BCUT2D eigenvalue weighted by Gasteiger charge is 1.97. The molecule has 14 heavy (non-hydrogen) atoms. The minimum atomic E-state index is 0.606. The number of benzene rings is 1. The van der Waals surface area contributed by atoms with E-state index in [9.17, 15) is 0 Å². The maximum absolute atomic E-state index is 4.85. The Kier molecular flexibility index (Phi) is 2.88. The second kappa shape index (κ2) is 4.53. The van der Waals surface area contributed by atoms with Crippen LogP contribution in [0.2, 0.25) is 0 Å². The molecule has 0 fully saturated rings. The van der Waals surface area contributed by atoms with E-state index >= 15 is 0 Å². The predicted molar refractivity (Wildman–Crippen MR) is 51.3 cm³/mol. The molecule has 0 saturated carbocycles. The number of hydrogen-bond acceptors (Lipinski definition) is 4. The molecule has 1 aromatic heterocycles. The van der Waals surface area contributed by atoms with Gasteiger partial charge < -0.3 is 9.84 Å². The van der Waals surface area contributed by atoms with E-state index in [0.717, 1.165) is 6.54 Å². The Morgan fingerprint density at radius 2 is 2.00 bits per heavy atom. The molecule has 2 rings (SSSR count). The van der Waals surface area contributed by atoms with E-state index in [1.807, 2.05) is 18.2 Å². The molecular formula is C10H11N3O. The quantitative estimate of drug-likeness (QED) is 0.789. The first kappa shape index (κ1) is 8.90. The van der Waals surface area contributed by atoms with Gasteiger partial charge in [0.2, 0.25) is 5.89 Å². The fraction of sp³-hybridized carbons (Fsp3) is 0.200. The molecule has 0 radical (unpaired) electrons.